The van der Waals surface area contributed by atoms with Crippen molar-refractivity contribution in [3.63, 3.8) is 0 Å². The predicted octanol–water partition coefficient (Wildman–Crippen LogP) is 7.23. The Hall–Kier alpha value is -1.43. The van der Waals surface area contributed by atoms with Gasteiger partial charge in [-0.15, -0.1) is 0 Å². The monoisotopic (exact) mass is 394 g/mol. The minimum atomic E-state index is -1.45. The Kier molecular flexibility index (Phi) is 5.67. The molecule has 0 saturated heterocycles. The largest absolute Gasteiger partial charge is 0.418 e. The molecule has 144 valence electrons. The molecular formula is C24H34OSi2. The van der Waals surface area contributed by atoms with Crippen molar-refractivity contribution in [3.8, 4) is 0 Å². The van der Waals surface area contributed by atoms with Gasteiger partial charge in [0.2, 0.25) is 0 Å². The molecule has 1 nitrogen and oxygen atoms in total. The first kappa shape index (κ1) is 20.3. The van der Waals surface area contributed by atoms with Crippen LogP contribution >= 0.6 is 0 Å². The molecule has 1 aromatic carbocycles. The fraction of sp³-hybridized carbons (Fsp3) is 0.417. The molecule has 0 amide bonds. The minimum Gasteiger partial charge on any atom is -0.418 e. The minimum absolute atomic E-state index is 0.919. The summed E-state index contributed by atoms with van der Waals surface area (Å²) >= 11 is 0. The van der Waals surface area contributed by atoms with Gasteiger partial charge in [0, 0.05) is 6.61 Å². The van der Waals surface area contributed by atoms with E-state index >= 15 is 0 Å². The molecule has 2 aliphatic rings. The van der Waals surface area contributed by atoms with E-state index in [1.165, 1.54) is 39.5 Å². The van der Waals surface area contributed by atoms with Crippen LogP contribution in [0.5, 0.6) is 0 Å². The van der Waals surface area contributed by atoms with E-state index in [-0.39, 0.29) is 0 Å². The highest BCUT2D eigenvalue weighted by atomic mass is 28.4. The summed E-state index contributed by atoms with van der Waals surface area (Å²) in [6.45, 7) is 17.2. The first-order valence-electron chi connectivity index (χ1n) is 10.1. The van der Waals surface area contributed by atoms with Crippen molar-refractivity contribution in [2.75, 3.05) is 6.61 Å². The zero-order valence-electron chi connectivity index (χ0n) is 18.1. The lowest BCUT2D eigenvalue weighted by atomic mass is 9.93. The standard InChI is InChI=1S/C24H34OSi2/c1-18(2)24-22-11-9-8-10-19(22)17-23(24)20-12-13-21(16-20)27(6,7)15-14-25-26(3,4)5/h8-11,13,16-17H,12,14-15H2,1-7H3. The van der Waals surface area contributed by atoms with E-state index in [1.54, 1.807) is 5.20 Å². The Bertz CT molecular complexity index is 857. The number of hydrogen-bond acceptors (Lipinski definition) is 1. The number of hydrogen-bond donors (Lipinski definition) is 0. The molecule has 0 bridgehead atoms. The second-order valence-corrected chi connectivity index (χ2v) is 19.0. The van der Waals surface area contributed by atoms with Gasteiger partial charge in [0.1, 0.15) is 0 Å². The summed E-state index contributed by atoms with van der Waals surface area (Å²) in [5, 5.41) is 1.60. The fourth-order valence-electron chi connectivity index (χ4n) is 3.96. The van der Waals surface area contributed by atoms with E-state index in [0.29, 0.717) is 0 Å². The molecule has 0 radical (unpaired) electrons. The Morgan fingerprint density at radius 1 is 1.00 bits per heavy atom. The van der Waals surface area contributed by atoms with Gasteiger partial charge in [-0.05, 0) is 79.9 Å². The Morgan fingerprint density at radius 2 is 1.70 bits per heavy atom. The molecule has 0 aromatic heterocycles. The summed E-state index contributed by atoms with van der Waals surface area (Å²) < 4.78 is 6.15. The number of allylic oxidation sites excluding steroid dienone is 7. The van der Waals surface area contributed by atoms with Crippen LogP contribution in [0.4, 0.5) is 0 Å². The molecule has 27 heavy (non-hydrogen) atoms. The van der Waals surface area contributed by atoms with Gasteiger partial charge in [-0.25, -0.2) is 0 Å². The van der Waals surface area contributed by atoms with Crippen LogP contribution in [-0.2, 0) is 4.43 Å². The number of fused-ring (bicyclic) bond motifs is 1. The van der Waals surface area contributed by atoms with Crippen molar-refractivity contribution in [1.29, 1.82) is 0 Å². The second-order valence-electron chi connectivity index (χ2n) is 9.65. The maximum Gasteiger partial charge on any atom is 0.183 e. The van der Waals surface area contributed by atoms with Crippen LogP contribution < -0.4 is 0 Å². The van der Waals surface area contributed by atoms with Crippen molar-refractivity contribution in [2.24, 2.45) is 0 Å². The van der Waals surface area contributed by atoms with Gasteiger partial charge in [0.15, 0.2) is 8.32 Å². The lowest BCUT2D eigenvalue weighted by Gasteiger charge is -2.25. The molecule has 3 heteroatoms. The van der Waals surface area contributed by atoms with E-state index in [1.807, 2.05) is 0 Å². The fourth-order valence-corrected chi connectivity index (χ4v) is 7.00. The van der Waals surface area contributed by atoms with Crippen molar-refractivity contribution in [1.82, 2.24) is 0 Å². The second kappa shape index (κ2) is 7.53. The Balaban J connectivity index is 1.80. The van der Waals surface area contributed by atoms with Crippen LogP contribution in [0.2, 0.25) is 38.8 Å². The van der Waals surface area contributed by atoms with E-state index in [2.05, 4.69) is 89.1 Å². The molecule has 1 aromatic rings. The van der Waals surface area contributed by atoms with Crippen LogP contribution in [0, 0.1) is 0 Å². The Morgan fingerprint density at radius 3 is 2.37 bits per heavy atom. The quantitative estimate of drug-likeness (QED) is 0.462. The summed E-state index contributed by atoms with van der Waals surface area (Å²) in [7, 11) is -2.87. The first-order valence-corrected chi connectivity index (χ1v) is 16.7. The number of benzene rings is 1. The first-order chi connectivity index (χ1) is 12.6. The molecule has 0 heterocycles. The lowest BCUT2D eigenvalue weighted by molar-refractivity contribution is 0.332. The van der Waals surface area contributed by atoms with Crippen LogP contribution in [0.25, 0.3) is 11.6 Å². The summed E-state index contributed by atoms with van der Waals surface area (Å²) in [6.07, 6.45) is 8.45. The topological polar surface area (TPSA) is 9.23 Å². The van der Waals surface area contributed by atoms with Crippen molar-refractivity contribution < 1.29 is 4.43 Å². The van der Waals surface area contributed by atoms with Crippen LogP contribution in [-0.4, -0.2) is 23.0 Å². The van der Waals surface area contributed by atoms with Gasteiger partial charge in [-0.2, -0.15) is 0 Å². The molecule has 0 spiro atoms. The maximum absolute atomic E-state index is 6.15. The third-order valence-electron chi connectivity index (χ3n) is 5.56. The molecule has 0 atom stereocenters. The molecule has 0 unspecified atom stereocenters. The molecule has 2 aliphatic carbocycles. The van der Waals surface area contributed by atoms with Gasteiger partial charge in [-0.1, -0.05) is 60.3 Å². The third-order valence-corrected chi connectivity index (χ3v) is 10.00. The number of rotatable bonds is 6. The molecule has 0 fully saturated rings. The van der Waals surface area contributed by atoms with E-state index in [4.69, 9.17) is 4.43 Å². The summed E-state index contributed by atoms with van der Waals surface area (Å²) in [4.78, 5) is 0. The van der Waals surface area contributed by atoms with Gasteiger partial charge in [-0.3, -0.25) is 0 Å². The normalized spacial score (nSPS) is 16.9. The van der Waals surface area contributed by atoms with Gasteiger partial charge in [0.25, 0.3) is 0 Å². The van der Waals surface area contributed by atoms with Crippen LogP contribution in [0.3, 0.4) is 0 Å². The maximum atomic E-state index is 6.15. The molecule has 0 aliphatic heterocycles. The zero-order valence-corrected chi connectivity index (χ0v) is 20.1. The lowest BCUT2D eigenvalue weighted by Crippen LogP contribution is -2.33. The molecule has 3 rings (SSSR count). The Labute approximate surface area is 167 Å². The molecule has 0 N–H and O–H groups in total. The van der Waals surface area contributed by atoms with E-state index < -0.39 is 16.4 Å². The smallest absolute Gasteiger partial charge is 0.183 e. The van der Waals surface area contributed by atoms with Crippen LogP contribution in [0.15, 0.2) is 58.3 Å². The average Bonchev–Trinajstić information content (AvgIpc) is 3.18. The highest BCUT2D eigenvalue weighted by Crippen LogP contribution is 2.44. The molecule has 0 saturated carbocycles. The SMILES string of the molecule is CC(C)=C1C(C2=CC([Si](C)(C)CCO[Si](C)(C)C)=CC2)=Cc2ccccc21. The summed E-state index contributed by atoms with van der Waals surface area (Å²) in [5.41, 5.74) is 8.52. The summed E-state index contributed by atoms with van der Waals surface area (Å²) in [6, 6.07) is 10.0. The van der Waals surface area contributed by atoms with E-state index in [9.17, 15) is 0 Å². The van der Waals surface area contributed by atoms with Crippen LogP contribution in [0.1, 0.15) is 31.4 Å². The van der Waals surface area contributed by atoms with Crippen molar-refractivity contribution in [2.45, 2.75) is 59.0 Å². The van der Waals surface area contributed by atoms with Crippen molar-refractivity contribution in [3.05, 3.63) is 69.5 Å². The molecular weight excluding hydrogens is 360 g/mol. The highest BCUT2D eigenvalue weighted by Gasteiger charge is 2.30. The van der Waals surface area contributed by atoms with Gasteiger partial charge >= 0.3 is 0 Å². The van der Waals surface area contributed by atoms with Gasteiger partial charge in [0.05, 0.1) is 8.07 Å². The predicted molar refractivity (Wildman–Crippen MR) is 125 cm³/mol. The average molecular weight is 395 g/mol. The third kappa shape index (κ3) is 4.53. The summed E-state index contributed by atoms with van der Waals surface area (Å²) in [5.74, 6) is 0. The zero-order chi connectivity index (χ0) is 19.8. The van der Waals surface area contributed by atoms with Gasteiger partial charge < -0.3 is 4.43 Å². The van der Waals surface area contributed by atoms with Crippen molar-refractivity contribution >= 4 is 28.0 Å². The van der Waals surface area contributed by atoms with E-state index in [0.717, 1.165) is 13.0 Å². The highest BCUT2D eigenvalue weighted by molar-refractivity contribution is 6.85.